The molecule has 3 nitrogen and oxygen atoms in total. The predicted octanol–water partition coefficient (Wildman–Crippen LogP) is 2.44. The summed E-state index contributed by atoms with van der Waals surface area (Å²) in [6.45, 7) is 3.99. The van der Waals surface area contributed by atoms with Crippen LogP contribution in [0.15, 0.2) is 11.6 Å². The van der Waals surface area contributed by atoms with E-state index >= 15 is 0 Å². The first kappa shape index (κ1) is 12.6. The zero-order valence-electron chi connectivity index (χ0n) is 11.0. The molecule has 3 atom stereocenters. The van der Waals surface area contributed by atoms with E-state index in [1.165, 1.54) is 12.7 Å². The van der Waals surface area contributed by atoms with Crippen LogP contribution in [-0.4, -0.2) is 23.8 Å². The van der Waals surface area contributed by atoms with E-state index in [9.17, 15) is 9.90 Å². The predicted molar refractivity (Wildman–Crippen MR) is 65.4 cm³/mol. The van der Waals surface area contributed by atoms with Crippen LogP contribution in [0.4, 0.5) is 0 Å². The number of rotatable bonds is 1. The summed E-state index contributed by atoms with van der Waals surface area (Å²) >= 11 is 0. The Balaban J connectivity index is 2.28. The van der Waals surface area contributed by atoms with Crippen LogP contribution in [0, 0.1) is 11.3 Å². The van der Waals surface area contributed by atoms with Crippen molar-refractivity contribution in [3.8, 4) is 0 Å². The van der Waals surface area contributed by atoms with E-state index < -0.39 is 5.60 Å². The third-order valence-corrected chi connectivity index (χ3v) is 4.89. The third kappa shape index (κ3) is 1.81. The highest BCUT2D eigenvalue weighted by Gasteiger charge is 2.53. The van der Waals surface area contributed by atoms with Crippen molar-refractivity contribution < 1.29 is 14.6 Å². The lowest BCUT2D eigenvalue weighted by Crippen LogP contribution is -2.44. The summed E-state index contributed by atoms with van der Waals surface area (Å²) in [6, 6.07) is 0. The second-order valence-electron chi connectivity index (χ2n) is 5.73. The average molecular weight is 238 g/mol. The molecule has 0 heterocycles. The van der Waals surface area contributed by atoms with Crippen LogP contribution < -0.4 is 0 Å². The maximum Gasteiger partial charge on any atom is 0.312 e. The van der Waals surface area contributed by atoms with Gasteiger partial charge in [0, 0.05) is 5.41 Å². The van der Waals surface area contributed by atoms with Crippen LogP contribution in [0.25, 0.3) is 0 Å². The summed E-state index contributed by atoms with van der Waals surface area (Å²) < 4.78 is 4.80. The van der Waals surface area contributed by atoms with Gasteiger partial charge in [-0.25, -0.2) is 0 Å². The van der Waals surface area contributed by atoms with Crippen LogP contribution in [0.5, 0.6) is 0 Å². The molecule has 0 radical (unpaired) electrons. The summed E-state index contributed by atoms with van der Waals surface area (Å²) in [4.78, 5) is 11.5. The summed E-state index contributed by atoms with van der Waals surface area (Å²) in [5.41, 5.74) is 0.452. The number of hydrogen-bond donors (Lipinski definition) is 1. The molecular weight excluding hydrogens is 216 g/mol. The van der Waals surface area contributed by atoms with Gasteiger partial charge < -0.3 is 9.84 Å². The van der Waals surface area contributed by atoms with Gasteiger partial charge >= 0.3 is 5.97 Å². The molecule has 96 valence electrons. The third-order valence-electron chi connectivity index (χ3n) is 4.89. The molecule has 3 heteroatoms. The molecule has 1 saturated carbocycles. The van der Waals surface area contributed by atoms with Crippen molar-refractivity contribution >= 4 is 5.97 Å². The number of hydrogen-bond acceptors (Lipinski definition) is 3. The molecule has 0 aromatic carbocycles. The Hall–Kier alpha value is -0.830. The lowest BCUT2D eigenvalue weighted by atomic mass is 9.63. The number of aliphatic hydroxyl groups is 1. The van der Waals surface area contributed by atoms with Gasteiger partial charge in [0.05, 0.1) is 18.6 Å². The molecule has 0 aromatic rings. The number of carbonyl (C=O) groups is 1. The van der Waals surface area contributed by atoms with Gasteiger partial charge in [0.1, 0.15) is 0 Å². The van der Waals surface area contributed by atoms with Gasteiger partial charge in [-0.15, -0.1) is 0 Å². The van der Waals surface area contributed by atoms with E-state index in [4.69, 9.17) is 4.74 Å². The smallest absolute Gasteiger partial charge is 0.312 e. The van der Waals surface area contributed by atoms with E-state index in [0.29, 0.717) is 0 Å². The standard InChI is InChI=1S/C14H22O3/c1-10-9-11(12(15)17-3)5-8-14(10)7-4-6-13(14,2)16/h9,11,16H,4-8H2,1-3H3/t11-,13+,14+/m1/s1. The number of ether oxygens (including phenoxy) is 1. The van der Waals surface area contributed by atoms with Gasteiger partial charge in [-0.1, -0.05) is 11.6 Å². The van der Waals surface area contributed by atoms with Crippen molar-refractivity contribution in [1.82, 2.24) is 0 Å². The van der Waals surface area contributed by atoms with Gasteiger partial charge in [-0.2, -0.15) is 0 Å². The minimum atomic E-state index is -0.616. The molecule has 2 aliphatic rings. The molecule has 0 saturated heterocycles. The fourth-order valence-corrected chi connectivity index (χ4v) is 3.74. The highest BCUT2D eigenvalue weighted by Crippen LogP contribution is 2.56. The fraction of sp³-hybridized carbons (Fsp3) is 0.786. The van der Waals surface area contributed by atoms with Crippen molar-refractivity contribution in [2.75, 3.05) is 7.11 Å². The molecule has 0 unspecified atom stereocenters. The van der Waals surface area contributed by atoms with Crippen LogP contribution in [-0.2, 0) is 9.53 Å². The van der Waals surface area contributed by atoms with E-state index in [0.717, 1.165) is 32.1 Å². The minimum Gasteiger partial charge on any atom is -0.469 e. The van der Waals surface area contributed by atoms with Gasteiger partial charge in [0.25, 0.3) is 0 Å². The van der Waals surface area contributed by atoms with Gasteiger partial charge in [0.2, 0.25) is 0 Å². The lowest BCUT2D eigenvalue weighted by Gasteiger charge is -2.44. The largest absolute Gasteiger partial charge is 0.469 e. The molecule has 1 spiro atoms. The molecule has 2 aliphatic carbocycles. The number of methoxy groups -OCH3 is 1. The first-order valence-electron chi connectivity index (χ1n) is 6.42. The second-order valence-corrected chi connectivity index (χ2v) is 5.73. The lowest BCUT2D eigenvalue weighted by molar-refractivity contribution is -0.145. The van der Waals surface area contributed by atoms with Gasteiger partial charge in [-0.05, 0) is 46.0 Å². The molecule has 17 heavy (non-hydrogen) atoms. The Bertz CT molecular complexity index is 356. The molecule has 0 aliphatic heterocycles. The summed E-state index contributed by atoms with van der Waals surface area (Å²) in [5, 5.41) is 10.6. The Morgan fingerprint density at radius 3 is 2.65 bits per heavy atom. The normalized spacial score (nSPS) is 41.4. The van der Waals surface area contributed by atoms with Crippen molar-refractivity contribution in [3.63, 3.8) is 0 Å². The average Bonchev–Trinajstić information content (AvgIpc) is 2.58. The topological polar surface area (TPSA) is 46.5 Å². The van der Waals surface area contributed by atoms with Crippen LogP contribution in [0.3, 0.4) is 0 Å². The molecule has 1 fully saturated rings. The number of carbonyl (C=O) groups excluding carboxylic acids is 1. The van der Waals surface area contributed by atoms with Crippen LogP contribution in [0.2, 0.25) is 0 Å². The fourth-order valence-electron chi connectivity index (χ4n) is 3.74. The molecule has 0 aromatic heterocycles. The summed E-state index contributed by atoms with van der Waals surface area (Å²) in [6.07, 6.45) is 6.66. The maximum absolute atomic E-state index is 11.5. The summed E-state index contributed by atoms with van der Waals surface area (Å²) in [5.74, 6) is -0.279. The molecule has 2 rings (SSSR count). The maximum atomic E-state index is 11.5. The minimum absolute atomic E-state index is 0.0997. The van der Waals surface area contributed by atoms with E-state index in [-0.39, 0.29) is 17.3 Å². The zero-order chi connectivity index (χ0) is 12.7. The monoisotopic (exact) mass is 238 g/mol. The van der Waals surface area contributed by atoms with E-state index in [2.05, 4.69) is 6.92 Å². The Morgan fingerprint density at radius 1 is 1.47 bits per heavy atom. The molecule has 0 amide bonds. The van der Waals surface area contributed by atoms with Crippen molar-refractivity contribution in [3.05, 3.63) is 11.6 Å². The Kier molecular flexibility index (Phi) is 3.06. The Morgan fingerprint density at radius 2 is 2.18 bits per heavy atom. The van der Waals surface area contributed by atoms with Gasteiger partial charge in [0.15, 0.2) is 0 Å². The highest BCUT2D eigenvalue weighted by atomic mass is 16.5. The quantitative estimate of drug-likeness (QED) is 0.564. The van der Waals surface area contributed by atoms with Crippen molar-refractivity contribution in [2.45, 2.75) is 51.6 Å². The molecule has 0 bridgehead atoms. The summed E-state index contributed by atoms with van der Waals surface area (Å²) in [7, 11) is 1.43. The molecular formula is C14H22O3. The van der Waals surface area contributed by atoms with E-state index in [1.54, 1.807) is 0 Å². The van der Waals surface area contributed by atoms with Crippen molar-refractivity contribution in [2.24, 2.45) is 11.3 Å². The van der Waals surface area contributed by atoms with Crippen LogP contribution in [0.1, 0.15) is 46.0 Å². The first-order valence-corrected chi connectivity index (χ1v) is 6.42. The van der Waals surface area contributed by atoms with Crippen molar-refractivity contribution in [1.29, 1.82) is 0 Å². The number of esters is 1. The molecule has 1 N–H and O–H groups in total. The zero-order valence-corrected chi connectivity index (χ0v) is 11.0. The highest BCUT2D eigenvalue weighted by molar-refractivity contribution is 5.74. The SMILES string of the molecule is COC(=O)[C@H]1C=C(C)[C@]2(CCC[C@]2(C)O)CC1. The Labute approximate surface area is 103 Å². The van der Waals surface area contributed by atoms with E-state index in [1.807, 2.05) is 13.0 Å². The second kappa shape index (κ2) is 4.13. The van der Waals surface area contributed by atoms with Crippen LogP contribution >= 0.6 is 0 Å². The first-order chi connectivity index (χ1) is 7.93. The van der Waals surface area contributed by atoms with Gasteiger partial charge in [-0.3, -0.25) is 4.79 Å².